The van der Waals surface area contributed by atoms with Crippen LogP contribution in [-0.2, 0) is 0 Å². The Kier molecular flexibility index (Phi) is 2.34. The summed E-state index contributed by atoms with van der Waals surface area (Å²) in [7, 11) is 0. The van der Waals surface area contributed by atoms with E-state index in [4.69, 9.17) is 12.2 Å². The Bertz CT molecular complexity index is 484. The Morgan fingerprint density at radius 2 is 2.33 bits per heavy atom. The van der Waals surface area contributed by atoms with Gasteiger partial charge in [-0.05, 0) is 18.2 Å². The van der Waals surface area contributed by atoms with Crippen LogP contribution in [0.5, 0.6) is 0 Å². The molecule has 2 nitrogen and oxygen atoms in total. The van der Waals surface area contributed by atoms with Crippen LogP contribution in [-0.4, -0.2) is 28.1 Å². The molecule has 0 aromatic heterocycles. The molecule has 2 aliphatic heterocycles. The van der Waals surface area contributed by atoms with Gasteiger partial charge < -0.3 is 4.90 Å². The van der Waals surface area contributed by atoms with Crippen LogP contribution in [0.4, 0.5) is 0 Å². The highest BCUT2D eigenvalue weighted by Gasteiger charge is 2.29. The summed E-state index contributed by atoms with van der Waals surface area (Å²) in [4.78, 5) is 7.84. The molecule has 0 atom stereocenters. The van der Waals surface area contributed by atoms with Gasteiger partial charge in [0.25, 0.3) is 0 Å². The van der Waals surface area contributed by atoms with Crippen LogP contribution in [0.25, 0.3) is 0 Å². The number of aliphatic imine (C=N–C) groups is 1. The monoisotopic (exact) mass is 298 g/mol. The second-order valence-corrected chi connectivity index (χ2v) is 5.96. The highest BCUT2D eigenvalue weighted by Crippen LogP contribution is 2.35. The van der Waals surface area contributed by atoms with E-state index < -0.39 is 0 Å². The fourth-order valence-electron chi connectivity index (χ4n) is 1.77. The minimum atomic E-state index is 0.849. The van der Waals surface area contributed by atoms with Gasteiger partial charge in [0.05, 0.1) is 6.54 Å². The highest BCUT2D eigenvalue weighted by molar-refractivity contribution is 9.10. The van der Waals surface area contributed by atoms with Gasteiger partial charge in [-0.3, -0.25) is 4.99 Å². The minimum Gasteiger partial charge on any atom is -0.310 e. The molecule has 0 amide bonds. The number of thioether (sulfide) groups is 1. The molecule has 0 N–H and O–H groups in total. The SMILES string of the molecule is S=C1Sc2ccc(Br)cc2C2=NCCN12. The van der Waals surface area contributed by atoms with Crippen molar-refractivity contribution in [1.82, 2.24) is 4.90 Å². The van der Waals surface area contributed by atoms with Gasteiger partial charge in [-0.1, -0.05) is 39.9 Å². The van der Waals surface area contributed by atoms with E-state index in [1.807, 2.05) is 6.07 Å². The molecule has 76 valence electrons. The third-order valence-corrected chi connectivity index (χ3v) is 4.38. The summed E-state index contributed by atoms with van der Waals surface area (Å²) in [6, 6.07) is 6.25. The van der Waals surface area contributed by atoms with E-state index in [2.05, 4.69) is 38.0 Å². The first-order valence-electron chi connectivity index (χ1n) is 4.59. The summed E-state index contributed by atoms with van der Waals surface area (Å²) in [5, 5.41) is 0. The molecule has 2 aliphatic rings. The number of rotatable bonds is 0. The van der Waals surface area contributed by atoms with Crippen molar-refractivity contribution in [3.63, 3.8) is 0 Å². The van der Waals surface area contributed by atoms with Crippen LogP contribution in [0.2, 0.25) is 0 Å². The number of fused-ring (bicyclic) bond motifs is 3. The van der Waals surface area contributed by atoms with E-state index in [1.54, 1.807) is 11.8 Å². The molecule has 2 heterocycles. The lowest BCUT2D eigenvalue weighted by Crippen LogP contribution is -2.35. The molecule has 0 unspecified atom stereocenters. The fourth-order valence-corrected chi connectivity index (χ4v) is 3.45. The van der Waals surface area contributed by atoms with E-state index in [0.29, 0.717) is 0 Å². The Morgan fingerprint density at radius 3 is 3.20 bits per heavy atom. The Morgan fingerprint density at radius 1 is 1.47 bits per heavy atom. The first-order chi connectivity index (χ1) is 7.25. The van der Waals surface area contributed by atoms with Crippen molar-refractivity contribution in [1.29, 1.82) is 0 Å². The zero-order valence-electron chi connectivity index (χ0n) is 7.74. The predicted octanol–water partition coefficient (Wildman–Crippen LogP) is 2.90. The first kappa shape index (κ1) is 9.81. The van der Waals surface area contributed by atoms with Crippen LogP contribution in [0, 0.1) is 0 Å². The van der Waals surface area contributed by atoms with E-state index in [-0.39, 0.29) is 0 Å². The smallest absolute Gasteiger partial charge is 0.146 e. The molecular formula is C10H7BrN2S2. The zero-order valence-corrected chi connectivity index (χ0v) is 11.0. The summed E-state index contributed by atoms with van der Waals surface area (Å²) < 4.78 is 2.00. The van der Waals surface area contributed by atoms with Crippen LogP contribution < -0.4 is 0 Å². The van der Waals surface area contributed by atoms with E-state index in [9.17, 15) is 0 Å². The summed E-state index contributed by atoms with van der Waals surface area (Å²) in [5.74, 6) is 1.04. The van der Waals surface area contributed by atoms with Gasteiger partial charge in [-0.25, -0.2) is 0 Å². The molecule has 3 rings (SSSR count). The van der Waals surface area contributed by atoms with Crippen LogP contribution >= 0.6 is 39.9 Å². The number of thiocarbonyl (C=S) groups is 1. The van der Waals surface area contributed by atoms with Crippen LogP contribution in [0.15, 0.2) is 32.6 Å². The molecule has 0 aliphatic carbocycles. The zero-order chi connectivity index (χ0) is 10.4. The molecule has 0 radical (unpaired) electrons. The number of benzene rings is 1. The Balaban J connectivity index is 2.20. The van der Waals surface area contributed by atoms with Crippen molar-refractivity contribution >= 4 is 50.1 Å². The highest BCUT2D eigenvalue weighted by atomic mass is 79.9. The van der Waals surface area contributed by atoms with Crippen molar-refractivity contribution in [2.24, 2.45) is 4.99 Å². The van der Waals surface area contributed by atoms with Gasteiger partial charge in [0.2, 0.25) is 0 Å². The van der Waals surface area contributed by atoms with Gasteiger partial charge >= 0.3 is 0 Å². The molecule has 0 saturated heterocycles. The van der Waals surface area contributed by atoms with Gasteiger partial charge in [-0.2, -0.15) is 0 Å². The van der Waals surface area contributed by atoms with Crippen LogP contribution in [0.3, 0.4) is 0 Å². The maximum Gasteiger partial charge on any atom is 0.146 e. The van der Waals surface area contributed by atoms with E-state index in [0.717, 1.165) is 27.7 Å². The largest absolute Gasteiger partial charge is 0.310 e. The minimum absolute atomic E-state index is 0.849. The van der Waals surface area contributed by atoms with Crippen LogP contribution in [0.1, 0.15) is 5.56 Å². The van der Waals surface area contributed by atoms with E-state index in [1.165, 1.54) is 10.5 Å². The van der Waals surface area contributed by atoms with Crippen molar-refractivity contribution in [3.8, 4) is 0 Å². The number of halogens is 1. The quantitative estimate of drug-likeness (QED) is 0.685. The maximum atomic E-state index is 5.35. The van der Waals surface area contributed by atoms with Crippen molar-refractivity contribution in [2.75, 3.05) is 13.1 Å². The number of hydrogen-bond donors (Lipinski definition) is 0. The van der Waals surface area contributed by atoms with Gasteiger partial charge in [0.1, 0.15) is 10.2 Å². The first-order valence-corrected chi connectivity index (χ1v) is 6.61. The van der Waals surface area contributed by atoms with Gasteiger partial charge in [-0.15, -0.1) is 0 Å². The average molecular weight is 299 g/mol. The van der Waals surface area contributed by atoms with Gasteiger partial charge in [0, 0.05) is 21.5 Å². The number of amidine groups is 1. The molecule has 5 heteroatoms. The summed E-state index contributed by atoms with van der Waals surface area (Å²) >= 11 is 10.5. The molecule has 1 aromatic rings. The Hall–Kier alpha value is -0.390. The summed E-state index contributed by atoms with van der Waals surface area (Å²) in [5.41, 5.74) is 1.19. The number of hydrogen-bond acceptors (Lipinski definition) is 3. The third-order valence-electron chi connectivity index (χ3n) is 2.44. The third kappa shape index (κ3) is 1.53. The van der Waals surface area contributed by atoms with Crippen molar-refractivity contribution < 1.29 is 0 Å². The molecule has 0 saturated carbocycles. The normalized spacial score (nSPS) is 18.6. The van der Waals surface area contributed by atoms with E-state index >= 15 is 0 Å². The fraction of sp³-hybridized carbons (Fsp3) is 0.200. The molecule has 0 spiro atoms. The summed E-state index contributed by atoms with van der Waals surface area (Å²) in [6.45, 7) is 1.77. The second kappa shape index (κ2) is 3.57. The lowest BCUT2D eigenvalue weighted by molar-refractivity contribution is 0.685. The maximum absolute atomic E-state index is 5.35. The molecule has 0 fully saturated rings. The second-order valence-electron chi connectivity index (χ2n) is 3.37. The number of nitrogens with zero attached hydrogens (tertiary/aromatic N) is 2. The molecule has 15 heavy (non-hydrogen) atoms. The summed E-state index contributed by atoms with van der Waals surface area (Å²) in [6.07, 6.45) is 0. The van der Waals surface area contributed by atoms with Gasteiger partial charge in [0.15, 0.2) is 0 Å². The Labute approximate surface area is 106 Å². The average Bonchev–Trinajstić information content (AvgIpc) is 2.69. The lowest BCUT2D eigenvalue weighted by atomic mass is 10.2. The molecule has 1 aromatic carbocycles. The standard InChI is InChI=1S/C10H7BrN2S2/c11-6-1-2-8-7(5-6)9-12-3-4-13(9)10(14)15-8/h1-2,5H,3-4H2. The topological polar surface area (TPSA) is 15.6 Å². The predicted molar refractivity (Wildman–Crippen MR) is 70.7 cm³/mol. The lowest BCUT2D eigenvalue weighted by Gasteiger charge is -2.27. The molecular weight excluding hydrogens is 292 g/mol. The van der Waals surface area contributed by atoms with Crippen molar-refractivity contribution in [2.45, 2.75) is 4.90 Å². The van der Waals surface area contributed by atoms with Crippen molar-refractivity contribution in [3.05, 3.63) is 28.2 Å². The molecule has 0 bridgehead atoms.